The first kappa shape index (κ1) is 20.8. The number of hydrogen-bond acceptors (Lipinski definition) is 3. The number of halogens is 1. The Morgan fingerprint density at radius 1 is 0.871 bits per heavy atom. The van der Waals surface area contributed by atoms with Gasteiger partial charge in [0, 0.05) is 16.3 Å². The van der Waals surface area contributed by atoms with Crippen LogP contribution in [0.25, 0.3) is 17.1 Å². The monoisotopic (exact) mass is 430 g/mol. The summed E-state index contributed by atoms with van der Waals surface area (Å²) in [5.74, 6) is 0.304. The van der Waals surface area contributed by atoms with Crippen molar-refractivity contribution in [2.24, 2.45) is 0 Å². The number of aryl methyl sites for hydroxylation is 4. The minimum Gasteiger partial charge on any atom is -0.319 e. The highest BCUT2D eigenvalue weighted by Gasteiger charge is 2.20. The van der Waals surface area contributed by atoms with Crippen LogP contribution in [0, 0.1) is 27.7 Å². The molecule has 1 N–H and O–H groups in total. The molecule has 3 aromatic carbocycles. The molecule has 0 aliphatic heterocycles. The van der Waals surface area contributed by atoms with Crippen LogP contribution in [0.2, 0.25) is 5.02 Å². The summed E-state index contributed by atoms with van der Waals surface area (Å²) in [7, 11) is 0. The Morgan fingerprint density at radius 2 is 1.58 bits per heavy atom. The largest absolute Gasteiger partial charge is 0.319 e. The molecule has 5 nitrogen and oxygen atoms in total. The van der Waals surface area contributed by atoms with E-state index in [1.165, 1.54) is 5.56 Å². The van der Waals surface area contributed by atoms with Gasteiger partial charge in [0.15, 0.2) is 5.82 Å². The van der Waals surface area contributed by atoms with Crippen molar-refractivity contribution in [2.75, 3.05) is 5.32 Å². The van der Waals surface area contributed by atoms with Crippen molar-refractivity contribution in [1.82, 2.24) is 14.8 Å². The molecule has 0 radical (unpaired) electrons. The molecule has 0 bridgehead atoms. The Kier molecular flexibility index (Phi) is 5.61. The van der Waals surface area contributed by atoms with E-state index in [1.807, 2.05) is 88.4 Å². The van der Waals surface area contributed by atoms with Gasteiger partial charge in [0.05, 0.1) is 5.69 Å². The zero-order valence-electron chi connectivity index (χ0n) is 17.9. The molecular formula is C25H23ClN4O. The van der Waals surface area contributed by atoms with Crippen molar-refractivity contribution in [1.29, 1.82) is 0 Å². The van der Waals surface area contributed by atoms with Crippen LogP contribution in [0.1, 0.15) is 32.9 Å². The second kappa shape index (κ2) is 8.36. The molecule has 6 heteroatoms. The van der Waals surface area contributed by atoms with E-state index >= 15 is 0 Å². The number of aromatic nitrogens is 3. The number of anilines is 1. The Morgan fingerprint density at radius 3 is 2.29 bits per heavy atom. The topological polar surface area (TPSA) is 59.8 Å². The van der Waals surface area contributed by atoms with Crippen LogP contribution < -0.4 is 5.32 Å². The zero-order valence-corrected chi connectivity index (χ0v) is 18.7. The zero-order chi connectivity index (χ0) is 22.1. The first-order valence-electron chi connectivity index (χ1n) is 10.0. The number of benzene rings is 3. The Labute approximate surface area is 186 Å². The average Bonchev–Trinajstić information content (AvgIpc) is 3.18. The van der Waals surface area contributed by atoms with Crippen LogP contribution >= 0.6 is 11.6 Å². The summed E-state index contributed by atoms with van der Waals surface area (Å²) in [4.78, 5) is 17.6. The molecule has 4 rings (SSSR count). The lowest BCUT2D eigenvalue weighted by Gasteiger charge is -2.09. The first-order chi connectivity index (χ1) is 14.8. The average molecular weight is 431 g/mol. The van der Waals surface area contributed by atoms with Gasteiger partial charge in [0.1, 0.15) is 0 Å². The molecule has 0 spiro atoms. The van der Waals surface area contributed by atoms with Crippen molar-refractivity contribution in [2.45, 2.75) is 27.7 Å². The summed E-state index contributed by atoms with van der Waals surface area (Å²) >= 11 is 6.25. The van der Waals surface area contributed by atoms with Gasteiger partial charge in [0.25, 0.3) is 5.91 Å². The summed E-state index contributed by atoms with van der Waals surface area (Å²) in [5.41, 5.74) is 6.73. The van der Waals surface area contributed by atoms with E-state index in [0.29, 0.717) is 16.5 Å². The lowest BCUT2D eigenvalue weighted by molar-refractivity contribution is 0.101. The summed E-state index contributed by atoms with van der Waals surface area (Å²) in [6.07, 6.45) is 0. The molecule has 1 heterocycles. The molecule has 31 heavy (non-hydrogen) atoms. The van der Waals surface area contributed by atoms with Crippen LogP contribution in [0.15, 0.2) is 60.7 Å². The third-order valence-corrected chi connectivity index (χ3v) is 5.52. The van der Waals surface area contributed by atoms with Gasteiger partial charge in [-0.2, -0.15) is 0 Å². The Hall–Kier alpha value is -3.44. The van der Waals surface area contributed by atoms with Gasteiger partial charge in [-0.15, -0.1) is 5.10 Å². The fourth-order valence-electron chi connectivity index (χ4n) is 3.28. The molecule has 4 aromatic rings. The number of nitrogens with zero attached hydrogens (tertiary/aromatic N) is 3. The maximum atomic E-state index is 13.0. The standard InChI is InChI=1S/C25H23ClN4O/c1-15-5-9-19(10-6-15)24-28-23(25(31)27-21-12-8-16(2)18(4)13-21)29-30(24)22-14-20(26)11-7-17(22)3/h5-14H,1-4H3,(H,27,31). The van der Waals surface area contributed by atoms with Crippen molar-refractivity contribution < 1.29 is 4.79 Å². The summed E-state index contributed by atoms with van der Waals surface area (Å²) in [6.45, 7) is 8.04. The molecule has 0 fully saturated rings. The highest BCUT2D eigenvalue weighted by molar-refractivity contribution is 6.30. The maximum Gasteiger partial charge on any atom is 0.295 e. The van der Waals surface area contributed by atoms with Crippen molar-refractivity contribution in [3.05, 3.63) is 93.8 Å². The number of hydrogen-bond donors (Lipinski definition) is 1. The summed E-state index contributed by atoms with van der Waals surface area (Å²) in [6, 6.07) is 19.3. The van der Waals surface area contributed by atoms with Crippen molar-refractivity contribution >= 4 is 23.2 Å². The van der Waals surface area contributed by atoms with Crippen LogP contribution in [0.3, 0.4) is 0 Å². The number of amides is 1. The van der Waals surface area contributed by atoms with E-state index in [2.05, 4.69) is 15.4 Å². The Balaban J connectivity index is 1.78. The Bertz CT molecular complexity index is 1280. The molecule has 0 atom stereocenters. The lowest BCUT2D eigenvalue weighted by atomic mass is 10.1. The van der Waals surface area contributed by atoms with Gasteiger partial charge in [0.2, 0.25) is 5.82 Å². The molecule has 0 aliphatic rings. The second-order valence-corrected chi connectivity index (χ2v) is 8.16. The third kappa shape index (κ3) is 4.37. The predicted molar refractivity (Wildman–Crippen MR) is 125 cm³/mol. The molecule has 1 amide bonds. The van der Waals surface area contributed by atoms with Gasteiger partial charge in [-0.05, 0) is 68.7 Å². The number of nitrogens with one attached hydrogen (secondary N) is 1. The normalized spacial score (nSPS) is 10.9. The van der Waals surface area contributed by atoms with Gasteiger partial charge in [-0.1, -0.05) is 53.6 Å². The van der Waals surface area contributed by atoms with Crippen LogP contribution in [0.5, 0.6) is 0 Å². The van der Waals surface area contributed by atoms with Gasteiger partial charge in [-0.3, -0.25) is 4.79 Å². The van der Waals surface area contributed by atoms with E-state index in [1.54, 1.807) is 4.68 Å². The second-order valence-electron chi connectivity index (χ2n) is 7.72. The van der Waals surface area contributed by atoms with Crippen LogP contribution in [-0.4, -0.2) is 20.7 Å². The molecule has 156 valence electrons. The van der Waals surface area contributed by atoms with E-state index < -0.39 is 0 Å². The molecule has 0 unspecified atom stereocenters. The third-order valence-electron chi connectivity index (χ3n) is 5.28. The summed E-state index contributed by atoms with van der Waals surface area (Å²) < 4.78 is 1.68. The van der Waals surface area contributed by atoms with E-state index in [0.717, 1.165) is 27.9 Å². The predicted octanol–water partition coefficient (Wildman–Crippen LogP) is 6.07. The van der Waals surface area contributed by atoms with Gasteiger partial charge < -0.3 is 5.32 Å². The fourth-order valence-corrected chi connectivity index (χ4v) is 3.45. The minimum atomic E-state index is -0.366. The maximum absolute atomic E-state index is 13.0. The minimum absolute atomic E-state index is 0.0909. The van der Waals surface area contributed by atoms with E-state index in [4.69, 9.17) is 11.6 Å². The highest BCUT2D eigenvalue weighted by atomic mass is 35.5. The molecule has 0 aliphatic carbocycles. The van der Waals surface area contributed by atoms with Crippen molar-refractivity contribution in [3.63, 3.8) is 0 Å². The number of rotatable bonds is 4. The van der Waals surface area contributed by atoms with Crippen LogP contribution in [0.4, 0.5) is 5.69 Å². The molecular weight excluding hydrogens is 408 g/mol. The molecule has 1 aromatic heterocycles. The van der Waals surface area contributed by atoms with Crippen molar-refractivity contribution in [3.8, 4) is 17.1 Å². The highest BCUT2D eigenvalue weighted by Crippen LogP contribution is 2.26. The molecule has 0 saturated carbocycles. The SMILES string of the molecule is Cc1ccc(-c2nc(C(=O)Nc3ccc(C)c(C)c3)nn2-c2cc(Cl)ccc2C)cc1. The fraction of sp³-hybridized carbons (Fsp3) is 0.160. The van der Waals surface area contributed by atoms with E-state index in [9.17, 15) is 4.79 Å². The van der Waals surface area contributed by atoms with Crippen LogP contribution in [-0.2, 0) is 0 Å². The first-order valence-corrected chi connectivity index (χ1v) is 10.4. The smallest absolute Gasteiger partial charge is 0.295 e. The summed E-state index contributed by atoms with van der Waals surface area (Å²) in [5, 5.41) is 8.04. The van der Waals surface area contributed by atoms with Gasteiger partial charge in [-0.25, -0.2) is 9.67 Å². The van der Waals surface area contributed by atoms with E-state index in [-0.39, 0.29) is 11.7 Å². The molecule has 0 saturated heterocycles. The number of carbonyl (C=O) groups excluding carboxylic acids is 1. The lowest BCUT2D eigenvalue weighted by Crippen LogP contribution is -2.14. The van der Waals surface area contributed by atoms with Gasteiger partial charge >= 0.3 is 0 Å². The number of carbonyl (C=O) groups is 1. The quantitative estimate of drug-likeness (QED) is 0.427.